The summed E-state index contributed by atoms with van der Waals surface area (Å²) in [5.74, 6) is 0. The zero-order valence-corrected chi connectivity index (χ0v) is 11.8. The van der Waals surface area contributed by atoms with Crippen molar-refractivity contribution in [1.82, 2.24) is 5.32 Å². The van der Waals surface area contributed by atoms with Gasteiger partial charge < -0.3 is 10.1 Å². The van der Waals surface area contributed by atoms with Crippen LogP contribution in [0.25, 0.3) is 0 Å². The highest BCUT2D eigenvalue weighted by atomic mass is 16.5. The van der Waals surface area contributed by atoms with Gasteiger partial charge in [-0.2, -0.15) is 0 Å². The van der Waals surface area contributed by atoms with Crippen molar-refractivity contribution in [2.45, 2.75) is 51.7 Å². The molecular weight excluding hydrogens is 222 g/mol. The zero-order valence-electron chi connectivity index (χ0n) is 11.8. The van der Waals surface area contributed by atoms with Crippen molar-refractivity contribution in [3.05, 3.63) is 34.9 Å². The first-order valence-corrected chi connectivity index (χ1v) is 7.07. The third kappa shape index (κ3) is 3.12. The van der Waals surface area contributed by atoms with Crippen LogP contribution >= 0.6 is 0 Å². The van der Waals surface area contributed by atoms with Crippen molar-refractivity contribution in [1.29, 1.82) is 0 Å². The monoisotopic (exact) mass is 247 g/mol. The molecule has 1 aromatic carbocycles. The van der Waals surface area contributed by atoms with Gasteiger partial charge in [0.15, 0.2) is 0 Å². The number of rotatable bonds is 4. The summed E-state index contributed by atoms with van der Waals surface area (Å²) in [7, 11) is 2.05. The summed E-state index contributed by atoms with van der Waals surface area (Å²) in [5, 5.41) is 3.45. The fourth-order valence-corrected chi connectivity index (χ4v) is 2.81. The SMILES string of the molecule is CNC(CC1CCCCO1)c1cccc(C)c1C. The van der Waals surface area contributed by atoms with E-state index in [2.05, 4.69) is 44.4 Å². The van der Waals surface area contributed by atoms with Crippen LogP contribution in [-0.2, 0) is 4.74 Å². The van der Waals surface area contributed by atoms with Gasteiger partial charge in [-0.05, 0) is 63.3 Å². The largest absolute Gasteiger partial charge is 0.378 e. The number of hydrogen-bond acceptors (Lipinski definition) is 2. The van der Waals surface area contributed by atoms with Crippen LogP contribution in [0.4, 0.5) is 0 Å². The second kappa shape index (κ2) is 6.35. The minimum absolute atomic E-state index is 0.410. The molecule has 18 heavy (non-hydrogen) atoms. The molecule has 0 radical (unpaired) electrons. The van der Waals surface area contributed by atoms with Crippen molar-refractivity contribution in [2.75, 3.05) is 13.7 Å². The zero-order chi connectivity index (χ0) is 13.0. The summed E-state index contributed by atoms with van der Waals surface area (Å²) in [6, 6.07) is 6.99. The van der Waals surface area contributed by atoms with Gasteiger partial charge >= 0.3 is 0 Å². The van der Waals surface area contributed by atoms with E-state index < -0.39 is 0 Å². The molecule has 100 valence electrons. The molecule has 1 N–H and O–H groups in total. The van der Waals surface area contributed by atoms with Crippen molar-refractivity contribution in [2.24, 2.45) is 0 Å². The van der Waals surface area contributed by atoms with Gasteiger partial charge in [0, 0.05) is 12.6 Å². The second-order valence-electron chi connectivity index (χ2n) is 5.35. The summed E-state index contributed by atoms with van der Waals surface area (Å²) in [4.78, 5) is 0. The molecule has 2 unspecified atom stereocenters. The molecule has 1 aliphatic heterocycles. The van der Waals surface area contributed by atoms with Gasteiger partial charge in [0.25, 0.3) is 0 Å². The van der Waals surface area contributed by atoms with Crippen molar-refractivity contribution >= 4 is 0 Å². The Bertz CT molecular complexity index is 383. The Balaban J connectivity index is 2.09. The number of nitrogens with one attached hydrogen (secondary N) is 1. The standard InChI is InChI=1S/C16H25NO/c1-12-7-6-9-15(13(12)2)16(17-3)11-14-8-4-5-10-18-14/h6-7,9,14,16-17H,4-5,8,10-11H2,1-3H3. The topological polar surface area (TPSA) is 21.3 Å². The van der Waals surface area contributed by atoms with E-state index in [1.807, 2.05) is 0 Å². The number of benzene rings is 1. The molecule has 2 rings (SSSR count). The summed E-state index contributed by atoms with van der Waals surface area (Å²) in [6.07, 6.45) is 5.26. The smallest absolute Gasteiger partial charge is 0.0593 e. The van der Waals surface area contributed by atoms with E-state index in [1.54, 1.807) is 0 Å². The predicted octanol–water partition coefficient (Wildman–Crippen LogP) is 3.52. The quantitative estimate of drug-likeness (QED) is 0.879. The molecule has 1 saturated heterocycles. The van der Waals surface area contributed by atoms with E-state index >= 15 is 0 Å². The summed E-state index contributed by atoms with van der Waals surface area (Å²) < 4.78 is 5.86. The Labute approximate surface area is 111 Å². The van der Waals surface area contributed by atoms with Gasteiger partial charge in [0.2, 0.25) is 0 Å². The lowest BCUT2D eigenvalue weighted by Gasteiger charge is -2.28. The summed E-state index contributed by atoms with van der Waals surface area (Å²) in [5.41, 5.74) is 4.21. The van der Waals surface area contributed by atoms with E-state index in [-0.39, 0.29) is 0 Å². The number of ether oxygens (including phenoxy) is 1. The Hall–Kier alpha value is -0.860. The van der Waals surface area contributed by atoms with E-state index in [4.69, 9.17) is 4.74 Å². The molecule has 0 bridgehead atoms. The van der Waals surface area contributed by atoms with E-state index in [1.165, 1.54) is 36.0 Å². The lowest BCUT2D eigenvalue weighted by atomic mass is 9.92. The van der Waals surface area contributed by atoms with E-state index in [0.29, 0.717) is 12.1 Å². The average molecular weight is 247 g/mol. The molecular formula is C16H25NO. The van der Waals surface area contributed by atoms with Gasteiger partial charge in [-0.3, -0.25) is 0 Å². The number of aryl methyl sites for hydroxylation is 1. The average Bonchev–Trinajstić information content (AvgIpc) is 2.41. The van der Waals surface area contributed by atoms with Crippen LogP contribution in [0.3, 0.4) is 0 Å². The maximum absolute atomic E-state index is 5.86. The van der Waals surface area contributed by atoms with Crippen LogP contribution in [0.2, 0.25) is 0 Å². The molecule has 2 nitrogen and oxygen atoms in total. The summed E-state index contributed by atoms with van der Waals surface area (Å²) >= 11 is 0. The third-order valence-corrected chi connectivity index (χ3v) is 4.14. The molecule has 0 aromatic heterocycles. The number of hydrogen-bond donors (Lipinski definition) is 1. The van der Waals surface area contributed by atoms with E-state index in [0.717, 1.165) is 13.0 Å². The predicted molar refractivity (Wildman–Crippen MR) is 75.9 cm³/mol. The highest BCUT2D eigenvalue weighted by molar-refractivity contribution is 5.35. The van der Waals surface area contributed by atoms with Crippen molar-refractivity contribution in [3.63, 3.8) is 0 Å². The normalized spacial score (nSPS) is 21.8. The fraction of sp³-hybridized carbons (Fsp3) is 0.625. The lowest BCUT2D eigenvalue weighted by Crippen LogP contribution is -2.27. The molecule has 1 heterocycles. The van der Waals surface area contributed by atoms with Crippen LogP contribution in [-0.4, -0.2) is 19.8 Å². The van der Waals surface area contributed by atoms with Crippen LogP contribution in [0.1, 0.15) is 48.4 Å². The maximum atomic E-state index is 5.86. The molecule has 1 aromatic rings. The van der Waals surface area contributed by atoms with Crippen LogP contribution in [0, 0.1) is 13.8 Å². The van der Waals surface area contributed by atoms with Crippen LogP contribution in [0.5, 0.6) is 0 Å². The van der Waals surface area contributed by atoms with Gasteiger partial charge in [-0.25, -0.2) is 0 Å². The lowest BCUT2D eigenvalue weighted by molar-refractivity contribution is 0.00544. The Kier molecular flexibility index (Phi) is 4.79. The molecule has 1 fully saturated rings. The molecule has 2 atom stereocenters. The molecule has 0 amide bonds. The van der Waals surface area contributed by atoms with E-state index in [9.17, 15) is 0 Å². The fourth-order valence-electron chi connectivity index (χ4n) is 2.81. The highest BCUT2D eigenvalue weighted by Gasteiger charge is 2.21. The van der Waals surface area contributed by atoms with Gasteiger partial charge in [-0.1, -0.05) is 18.2 Å². The first kappa shape index (κ1) is 13.6. The molecule has 1 aliphatic rings. The Morgan fingerprint density at radius 2 is 2.17 bits per heavy atom. The summed E-state index contributed by atoms with van der Waals surface area (Å²) in [6.45, 7) is 5.34. The van der Waals surface area contributed by atoms with Crippen LogP contribution < -0.4 is 5.32 Å². The van der Waals surface area contributed by atoms with Gasteiger partial charge in [-0.15, -0.1) is 0 Å². The first-order chi connectivity index (χ1) is 8.72. The molecule has 0 spiro atoms. The minimum atomic E-state index is 0.410. The molecule has 0 aliphatic carbocycles. The third-order valence-electron chi connectivity index (χ3n) is 4.14. The first-order valence-electron chi connectivity index (χ1n) is 7.07. The van der Waals surface area contributed by atoms with Gasteiger partial charge in [0.1, 0.15) is 0 Å². The Morgan fingerprint density at radius 1 is 1.33 bits per heavy atom. The van der Waals surface area contributed by atoms with Crippen LogP contribution in [0.15, 0.2) is 18.2 Å². The van der Waals surface area contributed by atoms with Crippen molar-refractivity contribution < 1.29 is 4.74 Å². The maximum Gasteiger partial charge on any atom is 0.0593 e. The highest BCUT2D eigenvalue weighted by Crippen LogP contribution is 2.27. The molecule has 0 saturated carbocycles. The second-order valence-corrected chi connectivity index (χ2v) is 5.35. The van der Waals surface area contributed by atoms with Crippen molar-refractivity contribution in [3.8, 4) is 0 Å². The van der Waals surface area contributed by atoms with Gasteiger partial charge in [0.05, 0.1) is 6.10 Å². The molecule has 2 heteroatoms. The minimum Gasteiger partial charge on any atom is -0.378 e. The Morgan fingerprint density at radius 3 is 2.83 bits per heavy atom.